The van der Waals surface area contributed by atoms with Gasteiger partial charge < -0.3 is 0 Å². The third-order valence-corrected chi connectivity index (χ3v) is 7.02. The van der Waals surface area contributed by atoms with Crippen molar-refractivity contribution in [3.05, 3.63) is 29.3 Å². The van der Waals surface area contributed by atoms with Gasteiger partial charge in [-0.15, -0.1) is 0 Å². The SMILES string of the molecule is CC(C)(CBr)CS(=O)(=O)c1ccc2c(c1)CCC2. The fourth-order valence-electron chi connectivity index (χ4n) is 2.38. The number of halogens is 1. The Bertz CT molecular complexity index is 547. The molecule has 0 saturated carbocycles. The molecule has 0 radical (unpaired) electrons. The first-order valence-electron chi connectivity index (χ1n) is 6.25. The van der Waals surface area contributed by atoms with Crippen molar-refractivity contribution in [3.8, 4) is 0 Å². The second kappa shape index (κ2) is 4.97. The Hall–Kier alpha value is -0.350. The molecule has 0 N–H and O–H groups in total. The summed E-state index contributed by atoms with van der Waals surface area (Å²) in [4.78, 5) is 0.483. The van der Waals surface area contributed by atoms with Crippen LogP contribution in [0.3, 0.4) is 0 Å². The van der Waals surface area contributed by atoms with Gasteiger partial charge >= 0.3 is 0 Å². The van der Waals surface area contributed by atoms with Crippen molar-refractivity contribution in [3.63, 3.8) is 0 Å². The highest BCUT2D eigenvalue weighted by molar-refractivity contribution is 9.09. The smallest absolute Gasteiger partial charge is 0.178 e. The van der Waals surface area contributed by atoms with Crippen LogP contribution in [0.2, 0.25) is 0 Å². The number of rotatable bonds is 4. The molecule has 0 heterocycles. The largest absolute Gasteiger partial charge is 0.224 e. The van der Waals surface area contributed by atoms with Crippen LogP contribution in [0.25, 0.3) is 0 Å². The Kier molecular flexibility index (Phi) is 3.88. The van der Waals surface area contributed by atoms with Crippen molar-refractivity contribution in [2.45, 2.75) is 38.0 Å². The first-order chi connectivity index (χ1) is 8.34. The van der Waals surface area contributed by atoms with E-state index in [1.807, 2.05) is 26.0 Å². The van der Waals surface area contributed by atoms with Gasteiger partial charge in [-0.2, -0.15) is 0 Å². The molecule has 0 atom stereocenters. The number of fused-ring (bicyclic) bond motifs is 1. The van der Waals surface area contributed by atoms with Crippen LogP contribution in [0.4, 0.5) is 0 Å². The summed E-state index contributed by atoms with van der Waals surface area (Å²) in [6.07, 6.45) is 3.24. The summed E-state index contributed by atoms with van der Waals surface area (Å²) in [5.74, 6) is 0.185. The van der Waals surface area contributed by atoms with E-state index >= 15 is 0 Å². The number of aryl methyl sites for hydroxylation is 2. The predicted molar refractivity (Wildman–Crippen MR) is 78.1 cm³/mol. The maximum atomic E-state index is 12.4. The molecule has 0 unspecified atom stereocenters. The highest BCUT2D eigenvalue weighted by Gasteiger charge is 2.27. The molecule has 1 aliphatic carbocycles. The van der Waals surface area contributed by atoms with Crippen molar-refractivity contribution in [2.24, 2.45) is 5.41 Å². The zero-order valence-electron chi connectivity index (χ0n) is 10.9. The summed E-state index contributed by atoms with van der Waals surface area (Å²) in [6.45, 7) is 3.93. The van der Waals surface area contributed by atoms with Gasteiger partial charge in [0.15, 0.2) is 9.84 Å². The molecular weight excluding hydrogens is 312 g/mol. The fraction of sp³-hybridized carbons (Fsp3) is 0.571. The van der Waals surface area contributed by atoms with Gasteiger partial charge in [0, 0.05) is 5.33 Å². The molecule has 100 valence electrons. The molecule has 18 heavy (non-hydrogen) atoms. The second-order valence-corrected chi connectivity index (χ2v) is 8.39. The van der Waals surface area contributed by atoms with E-state index in [0.717, 1.165) is 19.3 Å². The number of hydrogen-bond acceptors (Lipinski definition) is 2. The van der Waals surface area contributed by atoms with Crippen molar-refractivity contribution in [1.82, 2.24) is 0 Å². The first-order valence-corrected chi connectivity index (χ1v) is 9.02. The van der Waals surface area contributed by atoms with Crippen molar-refractivity contribution < 1.29 is 8.42 Å². The fourth-order valence-corrected chi connectivity index (χ4v) is 4.73. The Labute approximate surface area is 118 Å². The van der Waals surface area contributed by atoms with Crippen LogP contribution in [0.5, 0.6) is 0 Å². The number of hydrogen-bond donors (Lipinski definition) is 0. The molecule has 0 aromatic heterocycles. The summed E-state index contributed by atoms with van der Waals surface area (Å²) in [5, 5.41) is 0.685. The lowest BCUT2D eigenvalue weighted by atomic mass is 10.0. The molecule has 0 amide bonds. The number of alkyl halides is 1. The van der Waals surface area contributed by atoms with Crippen LogP contribution < -0.4 is 0 Å². The lowest BCUT2D eigenvalue weighted by molar-refractivity contribution is 0.474. The molecule has 0 aliphatic heterocycles. The minimum atomic E-state index is -3.18. The molecule has 0 spiro atoms. The van der Waals surface area contributed by atoms with E-state index < -0.39 is 9.84 Å². The summed E-state index contributed by atoms with van der Waals surface area (Å²) < 4.78 is 24.8. The molecule has 1 aliphatic rings. The average molecular weight is 331 g/mol. The van der Waals surface area contributed by atoms with Gasteiger partial charge in [-0.05, 0) is 47.9 Å². The standard InChI is InChI=1S/C14H19BrO2S/c1-14(2,9-15)10-18(16,17)13-7-6-11-4-3-5-12(11)8-13/h6-8H,3-5,9-10H2,1-2H3. The van der Waals surface area contributed by atoms with E-state index in [-0.39, 0.29) is 11.2 Å². The number of sulfone groups is 1. The maximum absolute atomic E-state index is 12.4. The normalized spacial score (nSPS) is 15.7. The molecule has 2 rings (SSSR count). The molecule has 2 nitrogen and oxygen atoms in total. The van der Waals surface area contributed by atoms with Crippen molar-refractivity contribution >= 4 is 25.8 Å². The van der Waals surface area contributed by atoms with E-state index in [1.165, 1.54) is 11.1 Å². The predicted octanol–water partition coefficient (Wildman–Crippen LogP) is 3.37. The van der Waals surface area contributed by atoms with Gasteiger partial charge in [0.2, 0.25) is 0 Å². The Balaban J connectivity index is 2.31. The first kappa shape index (κ1) is 14.1. The minimum absolute atomic E-state index is 0.185. The zero-order chi connectivity index (χ0) is 13.4. The highest BCUT2D eigenvalue weighted by atomic mass is 79.9. The van der Waals surface area contributed by atoms with E-state index in [2.05, 4.69) is 15.9 Å². The van der Waals surface area contributed by atoms with Crippen LogP contribution >= 0.6 is 15.9 Å². The average Bonchev–Trinajstić information content (AvgIpc) is 2.74. The topological polar surface area (TPSA) is 34.1 Å². The molecule has 1 aromatic rings. The monoisotopic (exact) mass is 330 g/mol. The molecule has 1 aromatic carbocycles. The summed E-state index contributed by atoms with van der Waals surface area (Å²) in [5.41, 5.74) is 2.29. The number of benzene rings is 1. The van der Waals surface area contributed by atoms with Crippen LogP contribution in [0.1, 0.15) is 31.4 Å². The van der Waals surface area contributed by atoms with E-state index in [0.29, 0.717) is 10.2 Å². The van der Waals surface area contributed by atoms with E-state index in [9.17, 15) is 8.42 Å². The van der Waals surface area contributed by atoms with Gasteiger partial charge in [0.1, 0.15) is 0 Å². The molecule has 0 saturated heterocycles. The Morgan fingerprint density at radius 1 is 1.22 bits per heavy atom. The lowest BCUT2D eigenvalue weighted by Crippen LogP contribution is -2.25. The Morgan fingerprint density at radius 2 is 1.89 bits per heavy atom. The lowest BCUT2D eigenvalue weighted by Gasteiger charge is -2.21. The third kappa shape index (κ3) is 2.97. The molecule has 0 fully saturated rings. The molecule has 0 bridgehead atoms. The highest BCUT2D eigenvalue weighted by Crippen LogP contribution is 2.28. The van der Waals surface area contributed by atoms with Crippen molar-refractivity contribution in [1.29, 1.82) is 0 Å². The van der Waals surface area contributed by atoms with Crippen LogP contribution in [-0.4, -0.2) is 19.5 Å². The van der Waals surface area contributed by atoms with Crippen LogP contribution in [0, 0.1) is 5.41 Å². The minimum Gasteiger partial charge on any atom is -0.224 e. The summed E-state index contributed by atoms with van der Waals surface area (Å²) in [7, 11) is -3.18. The Morgan fingerprint density at radius 3 is 2.56 bits per heavy atom. The van der Waals surface area contributed by atoms with Gasteiger partial charge in [-0.25, -0.2) is 8.42 Å². The second-order valence-electron chi connectivity index (χ2n) is 5.84. The van der Waals surface area contributed by atoms with E-state index in [1.54, 1.807) is 6.07 Å². The van der Waals surface area contributed by atoms with Gasteiger partial charge in [0.25, 0.3) is 0 Å². The zero-order valence-corrected chi connectivity index (χ0v) is 13.3. The van der Waals surface area contributed by atoms with E-state index in [4.69, 9.17) is 0 Å². The van der Waals surface area contributed by atoms with Gasteiger partial charge in [-0.3, -0.25) is 0 Å². The molecule has 4 heteroatoms. The van der Waals surface area contributed by atoms with Crippen LogP contribution in [-0.2, 0) is 22.7 Å². The third-order valence-electron chi connectivity index (χ3n) is 3.37. The summed E-state index contributed by atoms with van der Waals surface area (Å²) >= 11 is 3.38. The van der Waals surface area contributed by atoms with Gasteiger partial charge in [-0.1, -0.05) is 35.8 Å². The van der Waals surface area contributed by atoms with Crippen LogP contribution in [0.15, 0.2) is 23.1 Å². The molecular formula is C14H19BrO2S. The van der Waals surface area contributed by atoms with Crippen molar-refractivity contribution in [2.75, 3.05) is 11.1 Å². The van der Waals surface area contributed by atoms with Gasteiger partial charge in [0.05, 0.1) is 10.6 Å². The maximum Gasteiger partial charge on any atom is 0.178 e. The summed E-state index contributed by atoms with van der Waals surface area (Å²) in [6, 6.07) is 5.63. The quantitative estimate of drug-likeness (QED) is 0.793.